The molecule has 0 atom stereocenters. The number of hydrogen-bond acceptors (Lipinski definition) is 7. The van der Waals surface area contributed by atoms with Crippen molar-refractivity contribution in [1.29, 1.82) is 0 Å². The predicted molar refractivity (Wildman–Crippen MR) is 58.2 cm³/mol. The number of rotatable bonds is 3. The van der Waals surface area contributed by atoms with Crippen molar-refractivity contribution >= 4 is 12.2 Å². The highest BCUT2D eigenvalue weighted by molar-refractivity contribution is 5.68. The number of nitrogens with one attached hydrogen (secondary N) is 2. The number of hydrogen-bond donors (Lipinski definition) is 4. The molecule has 0 fully saturated rings. The van der Waals surface area contributed by atoms with Crippen LogP contribution in [0.15, 0.2) is 24.5 Å². The maximum Gasteiger partial charge on any atom is 0.424 e. The number of amides is 2. The molecule has 0 aliphatic heterocycles. The molecule has 0 aromatic carbocycles. The van der Waals surface area contributed by atoms with E-state index in [1.54, 1.807) is 10.9 Å². The Hall–Kier alpha value is -2.43. The molecule has 1 aromatic heterocycles. The van der Waals surface area contributed by atoms with Gasteiger partial charge in [0.05, 0.1) is 0 Å². The maximum absolute atomic E-state index is 10.9. The summed E-state index contributed by atoms with van der Waals surface area (Å²) in [5.74, 6) is 9.69. The molecular weight excluding hydrogens is 246 g/mol. The van der Waals surface area contributed by atoms with Crippen LogP contribution in [-0.2, 0) is 9.47 Å². The number of ether oxygens (including phenoxy) is 2. The molecule has 1 heterocycles. The Bertz CT molecular complexity index is 369. The second-order valence-corrected chi connectivity index (χ2v) is 2.71. The van der Waals surface area contributed by atoms with E-state index in [-0.39, 0.29) is 5.48 Å². The van der Waals surface area contributed by atoms with E-state index in [1.165, 1.54) is 24.5 Å². The molecule has 18 heavy (non-hydrogen) atoms. The van der Waals surface area contributed by atoms with Gasteiger partial charge in [-0.05, 0) is 12.1 Å². The Morgan fingerprint density at radius 3 is 1.94 bits per heavy atom. The molecule has 0 unspecified atom stereocenters. The minimum absolute atomic E-state index is 0. The number of carbonyl (C=O) groups is 2. The zero-order valence-electron chi connectivity index (χ0n) is 9.12. The average Bonchev–Trinajstić information content (AvgIpc) is 2.38. The molecule has 0 aliphatic carbocycles. The topological polar surface area (TPSA) is 173 Å². The molecule has 100 valence electrons. The Labute approximate surface area is 101 Å². The second-order valence-electron chi connectivity index (χ2n) is 2.71. The molecule has 0 saturated carbocycles. The minimum atomic E-state index is -1.27. The third kappa shape index (κ3) is 4.61. The standard InChI is InChI=1S/C8H11N5O4.H2O/c9-12-7(14)16-6(17-8(15)13-10)5-1-3-11-4-2-5;/h1-4,6H,9-10H2,(H,12,14)(H,13,15);1H2. The second kappa shape index (κ2) is 7.78. The monoisotopic (exact) mass is 259 g/mol. The van der Waals surface area contributed by atoms with E-state index in [0.717, 1.165) is 0 Å². The molecular formula is C8H13N5O5. The van der Waals surface area contributed by atoms with Gasteiger partial charge in [-0.3, -0.25) is 15.8 Å². The molecule has 0 spiro atoms. The highest BCUT2D eigenvalue weighted by Gasteiger charge is 2.20. The van der Waals surface area contributed by atoms with Gasteiger partial charge in [-0.2, -0.15) is 0 Å². The molecule has 2 amide bonds. The summed E-state index contributed by atoms with van der Waals surface area (Å²) >= 11 is 0. The van der Waals surface area contributed by atoms with Crippen molar-refractivity contribution in [2.45, 2.75) is 6.29 Å². The van der Waals surface area contributed by atoms with Crippen LogP contribution in [-0.4, -0.2) is 22.6 Å². The number of nitrogens with two attached hydrogens (primary N) is 2. The van der Waals surface area contributed by atoms with Crippen LogP contribution in [0.4, 0.5) is 9.59 Å². The lowest BCUT2D eigenvalue weighted by Gasteiger charge is -2.17. The van der Waals surface area contributed by atoms with E-state index in [1.807, 2.05) is 0 Å². The molecule has 1 rings (SSSR count). The van der Waals surface area contributed by atoms with Gasteiger partial charge in [-0.25, -0.2) is 21.3 Å². The van der Waals surface area contributed by atoms with Crippen LogP contribution in [0.5, 0.6) is 0 Å². The third-order valence-corrected chi connectivity index (χ3v) is 1.64. The zero-order valence-corrected chi connectivity index (χ0v) is 9.12. The number of hydrazine groups is 2. The molecule has 1 aromatic rings. The van der Waals surface area contributed by atoms with Gasteiger partial charge >= 0.3 is 12.2 Å². The van der Waals surface area contributed by atoms with E-state index >= 15 is 0 Å². The summed E-state index contributed by atoms with van der Waals surface area (Å²) in [5, 5.41) is 0. The van der Waals surface area contributed by atoms with Crippen LogP contribution in [0.3, 0.4) is 0 Å². The summed E-state index contributed by atoms with van der Waals surface area (Å²) in [4.78, 5) is 25.7. The van der Waals surface area contributed by atoms with Gasteiger partial charge in [0.15, 0.2) is 0 Å². The molecule has 10 nitrogen and oxygen atoms in total. The first-order chi connectivity index (χ1) is 8.17. The summed E-state index contributed by atoms with van der Waals surface area (Å²) < 4.78 is 9.43. The Kier molecular flexibility index (Phi) is 6.73. The number of aromatic nitrogens is 1. The first kappa shape index (κ1) is 15.6. The van der Waals surface area contributed by atoms with Gasteiger partial charge in [-0.1, -0.05) is 0 Å². The van der Waals surface area contributed by atoms with E-state index < -0.39 is 18.5 Å². The van der Waals surface area contributed by atoms with Gasteiger partial charge in [0, 0.05) is 18.0 Å². The van der Waals surface area contributed by atoms with E-state index in [2.05, 4.69) is 4.98 Å². The summed E-state index contributed by atoms with van der Waals surface area (Å²) in [7, 11) is 0. The number of pyridine rings is 1. The fraction of sp³-hybridized carbons (Fsp3) is 0.125. The largest absolute Gasteiger partial charge is 0.424 e. The van der Waals surface area contributed by atoms with Crippen molar-refractivity contribution in [3.63, 3.8) is 0 Å². The SMILES string of the molecule is NNC(=O)OC(OC(=O)NN)c1ccncc1.O. The molecule has 10 heteroatoms. The van der Waals surface area contributed by atoms with Gasteiger partial charge < -0.3 is 14.9 Å². The van der Waals surface area contributed by atoms with Crippen molar-refractivity contribution in [2.24, 2.45) is 11.7 Å². The summed E-state index contributed by atoms with van der Waals surface area (Å²) in [6.07, 6.45) is -0.315. The fourth-order valence-corrected chi connectivity index (χ4v) is 0.943. The Morgan fingerprint density at radius 1 is 1.11 bits per heavy atom. The van der Waals surface area contributed by atoms with E-state index in [9.17, 15) is 9.59 Å². The lowest BCUT2D eigenvalue weighted by molar-refractivity contribution is -0.0639. The first-order valence-corrected chi connectivity index (χ1v) is 4.41. The highest BCUT2D eigenvalue weighted by atomic mass is 16.7. The van der Waals surface area contributed by atoms with Crippen molar-refractivity contribution in [3.8, 4) is 0 Å². The molecule has 0 saturated heterocycles. The maximum atomic E-state index is 10.9. The lowest BCUT2D eigenvalue weighted by Crippen LogP contribution is -2.36. The fourth-order valence-electron chi connectivity index (χ4n) is 0.943. The van der Waals surface area contributed by atoms with Crippen molar-refractivity contribution in [2.75, 3.05) is 0 Å². The van der Waals surface area contributed by atoms with Gasteiger partial charge in [0.2, 0.25) is 0 Å². The van der Waals surface area contributed by atoms with Gasteiger partial charge in [0.1, 0.15) is 0 Å². The van der Waals surface area contributed by atoms with E-state index in [0.29, 0.717) is 5.56 Å². The molecule has 8 N–H and O–H groups in total. The summed E-state index contributed by atoms with van der Waals surface area (Å²) in [6, 6.07) is 3.00. The Balaban J connectivity index is 0.00000289. The lowest BCUT2D eigenvalue weighted by atomic mass is 10.2. The van der Waals surface area contributed by atoms with Crippen LogP contribution in [0, 0.1) is 0 Å². The number of nitrogens with zero attached hydrogens (tertiary/aromatic N) is 1. The molecule has 0 bridgehead atoms. The Morgan fingerprint density at radius 2 is 1.56 bits per heavy atom. The van der Waals surface area contributed by atoms with Crippen LogP contribution in [0.1, 0.15) is 11.9 Å². The van der Waals surface area contributed by atoms with Crippen LogP contribution < -0.4 is 22.5 Å². The van der Waals surface area contributed by atoms with E-state index in [4.69, 9.17) is 21.2 Å². The highest BCUT2D eigenvalue weighted by Crippen LogP contribution is 2.18. The number of carbonyl (C=O) groups excluding carboxylic acids is 2. The minimum Gasteiger partial charge on any atom is -0.412 e. The smallest absolute Gasteiger partial charge is 0.412 e. The normalized spacial score (nSPS) is 9.06. The van der Waals surface area contributed by atoms with Gasteiger partial charge in [-0.15, -0.1) is 0 Å². The molecule has 0 aliphatic rings. The van der Waals surface area contributed by atoms with Crippen molar-refractivity contribution in [3.05, 3.63) is 30.1 Å². The van der Waals surface area contributed by atoms with Crippen LogP contribution in [0.2, 0.25) is 0 Å². The van der Waals surface area contributed by atoms with Crippen molar-refractivity contribution in [1.82, 2.24) is 15.8 Å². The van der Waals surface area contributed by atoms with Crippen molar-refractivity contribution < 1.29 is 24.5 Å². The summed E-state index contributed by atoms with van der Waals surface area (Å²) in [5.41, 5.74) is 3.87. The predicted octanol–water partition coefficient (Wildman–Crippen LogP) is -1.54. The zero-order chi connectivity index (χ0) is 12.7. The van der Waals surface area contributed by atoms with Gasteiger partial charge in [0.25, 0.3) is 6.29 Å². The van der Waals surface area contributed by atoms with Crippen LogP contribution >= 0.6 is 0 Å². The quantitative estimate of drug-likeness (QED) is 0.220. The molecule has 0 radical (unpaired) electrons. The first-order valence-electron chi connectivity index (χ1n) is 4.41. The average molecular weight is 259 g/mol. The van der Waals surface area contributed by atoms with Crippen LogP contribution in [0.25, 0.3) is 0 Å². The summed E-state index contributed by atoms with van der Waals surface area (Å²) in [6.45, 7) is 0. The third-order valence-electron chi connectivity index (χ3n) is 1.64.